The van der Waals surface area contributed by atoms with Crippen molar-refractivity contribution in [2.24, 2.45) is 0 Å². The molecule has 0 aliphatic heterocycles. The molecular formula is C11H16FNOS. The lowest BCUT2D eigenvalue weighted by molar-refractivity contribution is 0.570. The average Bonchev–Trinajstić information content (AvgIpc) is 2.26. The van der Waals surface area contributed by atoms with Gasteiger partial charge in [-0.25, -0.2) is 4.39 Å². The molecule has 2 nitrogen and oxygen atoms in total. The summed E-state index contributed by atoms with van der Waals surface area (Å²) < 4.78 is 25.4. The van der Waals surface area contributed by atoms with Crippen LogP contribution >= 0.6 is 0 Å². The third kappa shape index (κ3) is 2.86. The third-order valence-corrected chi connectivity index (χ3v) is 4.40. The van der Waals surface area contributed by atoms with Crippen LogP contribution in [0.3, 0.4) is 0 Å². The van der Waals surface area contributed by atoms with Crippen LogP contribution in [0.5, 0.6) is 0 Å². The van der Waals surface area contributed by atoms with Gasteiger partial charge in [0.15, 0.2) is 0 Å². The van der Waals surface area contributed by atoms with E-state index in [1.165, 1.54) is 6.07 Å². The van der Waals surface area contributed by atoms with Crippen molar-refractivity contribution in [3.05, 3.63) is 30.1 Å². The van der Waals surface area contributed by atoms with Crippen LogP contribution in [0.25, 0.3) is 0 Å². The van der Waals surface area contributed by atoms with Crippen LogP contribution in [0.4, 0.5) is 4.39 Å². The maximum atomic E-state index is 13.4. The van der Waals surface area contributed by atoms with Crippen molar-refractivity contribution >= 4 is 10.8 Å². The van der Waals surface area contributed by atoms with Gasteiger partial charge in [-0.1, -0.05) is 12.1 Å². The van der Waals surface area contributed by atoms with Crippen LogP contribution in [0.2, 0.25) is 0 Å². The zero-order chi connectivity index (χ0) is 11.4. The van der Waals surface area contributed by atoms with Crippen molar-refractivity contribution in [1.82, 2.24) is 5.32 Å². The first-order valence-corrected chi connectivity index (χ1v) is 6.11. The zero-order valence-electron chi connectivity index (χ0n) is 9.16. The van der Waals surface area contributed by atoms with Gasteiger partial charge in [-0.05, 0) is 33.0 Å². The Bertz CT molecular complexity index is 356. The van der Waals surface area contributed by atoms with Crippen molar-refractivity contribution in [2.45, 2.75) is 30.0 Å². The molecule has 0 saturated heterocycles. The second-order valence-corrected chi connectivity index (χ2v) is 5.29. The van der Waals surface area contributed by atoms with Gasteiger partial charge in [-0.15, -0.1) is 0 Å². The molecule has 0 aromatic heterocycles. The molecule has 0 aliphatic rings. The lowest BCUT2D eigenvalue weighted by Crippen LogP contribution is -2.35. The highest BCUT2D eigenvalue weighted by molar-refractivity contribution is 7.85. The number of benzene rings is 1. The highest BCUT2D eigenvalue weighted by Crippen LogP contribution is 2.16. The molecule has 1 aromatic carbocycles. The van der Waals surface area contributed by atoms with E-state index in [2.05, 4.69) is 5.32 Å². The van der Waals surface area contributed by atoms with E-state index in [1.807, 2.05) is 13.8 Å². The molecule has 84 valence electrons. The average molecular weight is 229 g/mol. The Morgan fingerprint density at radius 2 is 1.93 bits per heavy atom. The first-order chi connectivity index (χ1) is 7.07. The Labute approximate surface area is 92.3 Å². The van der Waals surface area contributed by atoms with E-state index >= 15 is 0 Å². The molecule has 0 aliphatic carbocycles. The van der Waals surface area contributed by atoms with E-state index in [-0.39, 0.29) is 16.2 Å². The smallest absolute Gasteiger partial charge is 0.139 e. The maximum Gasteiger partial charge on any atom is 0.139 e. The first kappa shape index (κ1) is 12.3. The van der Waals surface area contributed by atoms with Crippen molar-refractivity contribution < 1.29 is 8.60 Å². The van der Waals surface area contributed by atoms with Gasteiger partial charge in [0.2, 0.25) is 0 Å². The fourth-order valence-electron chi connectivity index (χ4n) is 1.23. The molecule has 3 unspecified atom stereocenters. The van der Waals surface area contributed by atoms with Gasteiger partial charge < -0.3 is 5.32 Å². The minimum Gasteiger partial charge on any atom is -0.316 e. The molecule has 15 heavy (non-hydrogen) atoms. The quantitative estimate of drug-likeness (QED) is 0.854. The number of hydrogen-bond donors (Lipinski definition) is 1. The number of halogens is 1. The Morgan fingerprint density at radius 1 is 1.33 bits per heavy atom. The molecule has 4 heteroatoms. The number of hydrogen-bond acceptors (Lipinski definition) is 2. The molecule has 0 fully saturated rings. The summed E-state index contributed by atoms with van der Waals surface area (Å²) in [5, 5.41) is 2.90. The fourth-order valence-corrected chi connectivity index (χ4v) is 2.61. The topological polar surface area (TPSA) is 29.1 Å². The van der Waals surface area contributed by atoms with Gasteiger partial charge in [0.1, 0.15) is 5.82 Å². The molecule has 0 amide bonds. The fraction of sp³-hybridized carbons (Fsp3) is 0.455. The van der Waals surface area contributed by atoms with Gasteiger partial charge in [0.25, 0.3) is 0 Å². The van der Waals surface area contributed by atoms with Crippen molar-refractivity contribution in [3.8, 4) is 0 Å². The summed E-state index contributed by atoms with van der Waals surface area (Å²) in [6.07, 6.45) is 0. The molecule has 1 N–H and O–H groups in total. The largest absolute Gasteiger partial charge is 0.316 e. The number of rotatable bonds is 4. The lowest BCUT2D eigenvalue weighted by atomic mass is 10.3. The molecule has 0 bridgehead atoms. The van der Waals surface area contributed by atoms with Crippen LogP contribution in [-0.4, -0.2) is 22.5 Å². The third-order valence-electron chi connectivity index (χ3n) is 2.55. The summed E-state index contributed by atoms with van der Waals surface area (Å²) in [5.74, 6) is -0.397. The van der Waals surface area contributed by atoms with Crippen LogP contribution in [0.15, 0.2) is 29.2 Å². The standard InChI is InChI=1S/C11H16FNOS/c1-8(13-3)9(2)15(14)11-7-5-4-6-10(11)12/h4-9,13H,1-3H3. The Kier molecular flexibility index (Phi) is 4.42. The minimum atomic E-state index is -1.31. The van der Waals surface area contributed by atoms with Crippen LogP contribution in [-0.2, 0) is 10.8 Å². The Morgan fingerprint density at radius 3 is 2.47 bits per heavy atom. The predicted octanol–water partition coefficient (Wildman–Crippen LogP) is 1.93. The van der Waals surface area contributed by atoms with Gasteiger partial charge in [0, 0.05) is 6.04 Å². The SMILES string of the molecule is CNC(C)C(C)S(=O)c1ccccc1F. The first-order valence-electron chi connectivity index (χ1n) is 4.90. The normalized spacial score (nSPS) is 17.1. The molecule has 0 spiro atoms. The summed E-state index contributed by atoms with van der Waals surface area (Å²) in [4.78, 5) is 0.284. The Hall–Kier alpha value is -0.740. The molecule has 0 saturated carbocycles. The zero-order valence-corrected chi connectivity index (χ0v) is 9.98. The Balaban J connectivity index is 2.90. The summed E-state index contributed by atoms with van der Waals surface area (Å²) >= 11 is 0. The maximum absolute atomic E-state index is 13.4. The highest BCUT2D eigenvalue weighted by atomic mass is 32.2. The second-order valence-electron chi connectivity index (χ2n) is 3.51. The molecule has 0 heterocycles. The monoisotopic (exact) mass is 229 g/mol. The van der Waals surface area contributed by atoms with E-state index in [4.69, 9.17) is 0 Å². The summed E-state index contributed by atoms with van der Waals surface area (Å²) in [6, 6.07) is 6.30. The van der Waals surface area contributed by atoms with Crippen molar-refractivity contribution in [1.29, 1.82) is 0 Å². The van der Waals surface area contributed by atoms with E-state index < -0.39 is 16.6 Å². The summed E-state index contributed by atoms with van der Waals surface area (Å²) in [7, 11) is 0.498. The molecule has 1 aromatic rings. The highest BCUT2D eigenvalue weighted by Gasteiger charge is 2.20. The second kappa shape index (κ2) is 5.37. The predicted molar refractivity (Wildman–Crippen MR) is 60.8 cm³/mol. The summed E-state index contributed by atoms with van der Waals surface area (Å²) in [6.45, 7) is 3.78. The van der Waals surface area contributed by atoms with Gasteiger partial charge in [0.05, 0.1) is 20.9 Å². The molecule has 0 radical (unpaired) electrons. The van der Waals surface area contributed by atoms with E-state index in [9.17, 15) is 8.60 Å². The molecule has 3 atom stereocenters. The van der Waals surface area contributed by atoms with Gasteiger partial charge in [-0.2, -0.15) is 0 Å². The van der Waals surface area contributed by atoms with E-state index in [1.54, 1.807) is 25.2 Å². The van der Waals surface area contributed by atoms with Crippen LogP contribution in [0, 0.1) is 5.82 Å². The van der Waals surface area contributed by atoms with Crippen molar-refractivity contribution in [2.75, 3.05) is 7.05 Å². The van der Waals surface area contributed by atoms with E-state index in [0.29, 0.717) is 0 Å². The van der Waals surface area contributed by atoms with E-state index in [0.717, 1.165) is 0 Å². The van der Waals surface area contributed by atoms with Crippen molar-refractivity contribution in [3.63, 3.8) is 0 Å². The molecule has 1 rings (SSSR count). The van der Waals surface area contributed by atoms with Crippen LogP contribution < -0.4 is 5.32 Å². The van der Waals surface area contributed by atoms with Crippen LogP contribution in [0.1, 0.15) is 13.8 Å². The molecular weight excluding hydrogens is 213 g/mol. The van der Waals surface area contributed by atoms with Gasteiger partial charge in [-0.3, -0.25) is 4.21 Å². The minimum absolute atomic E-state index is 0.0884. The number of nitrogens with one attached hydrogen (secondary N) is 1. The summed E-state index contributed by atoms with van der Waals surface area (Å²) in [5.41, 5.74) is 0. The van der Waals surface area contributed by atoms with Gasteiger partial charge >= 0.3 is 0 Å². The lowest BCUT2D eigenvalue weighted by Gasteiger charge is -2.18.